The van der Waals surface area contributed by atoms with Crippen molar-refractivity contribution in [3.8, 4) is 0 Å². The molecule has 0 aliphatic carbocycles. The number of hydrogen-bond acceptors (Lipinski definition) is 1. The first-order valence-electron chi connectivity index (χ1n) is 12.7. The lowest BCUT2D eigenvalue weighted by molar-refractivity contribution is 0.613. The summed E-state index contributed by atoms with van der Waals surface area (Å²) in [6, 6.07) is 36.0. The fraction of sp³-hybridized carbons (Fsp3) is 0.250. The molecule has 4 aromatic carbocycles. The van der Waals surface area contributed by atoms with E-state index in [2.05, 4.69) is 130 Å². The average Bonchev–Trinajstić information content (AvgIpc) is 2.92. The SMILES string of the molecule is CCc1ccc(N[N+](c2ccc(CC)cc2)(c2ccc(CC)cc2)c2ccc(CC)cc2)cc1. The van der Waals surface area contributed by atoms with Crippen LogP contribution in [0.15, 0.2) is 97.1 Å². The molecule has 0 saturated carbocycles. The van der Waals surface area contributed by atoms with E-state index in [0.29, 0.717) is 4.59 Å². The summed E-state index contributed by atoms with van der Waals surface area (Å²) < 4.78 is 0.420. The van der Waals surface area contributed by atoms with Crippen LogP contribution in [0, 0.1) is 0 Å². The fourth-order valence-corrected chi connectivity index (χ4v) is 4.52. The van der Waals surface area contributed by atoms with Gasteiger partial charge in [-0.3, -0.25) is 0 Å². The quantitative estimate of drug-likeness (QED) is 0.199. The summed E-state index contributed by atoms with van der Waals surface area (Å²) in [6.45, 7) is 8.81. The Labute approximate surface area is 205 Å². The number of hydrogen-bond donors (Lipinski definition) is 1. The molecular formula is C32H37N2+. The summed E-state index contributed by atoms with van der Waals surface area (Å²) in [5, 5.41) is 0. The number of nitrogens with one attached hydrogen (secondary N) is 1. The van der Waals surface area contributed by atoms with Gasteiger partial charge in [-0.05, 0) is 60.1 Å². The molecule has 0 saturated heterocycles. The standard InChI is InChI=1S/C32H37N2/c1-5-25-9-17-29(18-10-25)33-34(30-19-11-26(6-2)12-20-30,31-21-13-27(7-3)14-22-31)32-23-15-28(8-4)16-24-32/h9-24,33H,5-8H2,1-4H3/q+1. The Morgan fingerprint density at radius 1 is 0.412 bits per heavy atom. The van der Waals surface area contributed by atoms with Crippen LogP contribution in [0.3, 0.4) is 0 Å². The maximum absolute atomic E-state index is 3.94. The second-order valence-corrected chi connectivity index (χ2v) is 8.89. The van der Waals surface area contributed by atoms with E-state index in [4.69, 9.17) is 0 Å². The molecule has 0 unspecified atom stereocenters. The van der Waals surface area contributed by atoms with Crippen LogP contribution in [0.25, 0.3) is 0 Å². The first-order chi connectivity index (χ1) is 16.6. The van der Waals surface area contributed by atoms with Crippen molar-refractivity contribution in [2.24, 2.45) is 0 Å². The van der Waals surface area contributed by atoms with Gasteiger partial charge in [-0.2, -0.15) is 0 Å². The molecule has 0 atom stereocenters. The van der Waals surface area contributed by atoms with Gasteiger partial charge in [0.15, 0.2) is 17.1 Å². The predicted octanol–water partition coefficient (Wildman–Crippen LogP) is 8.93. The second kappa shape index (κ2) is 10.7. The van der Waals surface area contributed by atoms with Crippen molar-refractivity contribution in [2.75, 3.05) is 5.43 Å². The minimum atomic E-state index is 0.420. The third kappa shape index (κ3) is 4.78. The van der Waals surface area contributed by atoms with Crippen molar-refractivity contribution in [3.63, 3.8) is 0 Å². The van der Waals surface area contributed by atoms with Gasteiger partial charge in [-0.25, -0.2) is 5.43 Å². The molecule has 1 N–H and O–H groups in total. The average molecular weight is 450 g/mol. The lowest BCUT2D eigenvalue weighted by Crippen LogP contribution is -2.44. The molecular weight excluding hydrogens is 412 g/mol. The van der Waals surface area contributed by atoms with Gasteiger partial charge in [-0.1, -0.05) is 76.2 Å². The Kier molecular flexibility index (Phi) is 7.49. The van der Waals surface area contributed by atoms with Crippen LogP contribution in [0.1, 0.15) is 49.9 Å². The monoisotopic (exact) mass is 449 g/mol. The minimum absolute atomic E-state index is 0.420. The fourth-order valence-electron chi connectivity index (χ4n) is 4.52. The smallest absolute Gasteiger partial charge is 0.167 e. The van der Waals surface area contributed by atoms with Crippen LogP contribution in [0.5, 0.6) is 0 Å². The molecule has 4 rings (SSSR count). The van der Waals surface area contributed by atoms with Crippen LogP contribution < -0.4 is 10.0 Å². The number of rotatable bonds is 9. The van der Waals surface area contributed by atoms with Gasteiger partial charge >= 0.3 is 0 Å². The number of aryl methyl sites for hydroxylation is 4. The number of anilines is 1. The maximum Gasteiger partial charge on any atom is 0.167 e. The molecule has 34 heavy (non-hydrogen) atoms. The Balaban J connectivity index is 1.96. The number of benzene rings is 4. The molecule has 0 bridgehead atoms. The van der Waals surface area contributed by atoms with Gasteiger partial charge in [0.05, 0.1) is 5.69 Å². The van der Waals surface area contributed by atoms with Gasteiger partial charge in [0.1, 0.15) is 0 Å². The lowest BCUT2D eigenvalue weighted by Gasteiger charge is -2.37. The van der Waals surface area contributed by atoms with Gasteiger partial charge in [0.25, 0.3) is 0 Å². The first kappa shape index (κ1) is 23.8. The van der Waals surface area contributed by atoms with E-state index in [0.717, 1.165) is 31.4 Å². The summed E-state index contributed by atoms with van der Waals surface area (Å²) >= 11 is 0. The summed E-state index contributed by atoms with van der Waals surface area (Å²) in [4.78, 5) is 0. The van der Waals surface area contributed by atoms with Gasteiger partial charge < -0.3 is 0 Å². The third-order valence-electron chi connectivity index (χ3n) is 6.85. The maximum atomic E-state index is 3.94. The van der Waals surface area contributed by atoms with Gasteiger partial charge in [0, 0.05) is 36.4 Å². The topological polar surface area (TPSA) is 12.0 Å². The van der Waals surface area contributed by atoms with Crippen LogP contribution in [-0.2, 0) is 25.7 Å². The lowest BCUT2D eigenvalue weighted by atomic mass is 10.1. The Morgan fingerprint density at radius 2 is 0.676 bits per heavy atom. The summed E-state index contributed by atoms with van der Waals surface area (Å²) in [5.41, 5.74) is 14.0. The second-order valence-electron chi connectivity index (χ2n) is 8.89. The minimum Gasteiger partial charge on any atom is -0.221 e. The van der Waals surface area contributed by atoms with Gasteiger partial charge in [-0.15, -0.1) is 4.59 Å². The molecule has 4 aromatic rings. The van der Waals surface area contributed by atoms with E-state index < -0.39 is 0 Å². The van der Waals surface area contributed by atoms with E-state index in [1.807, 2.05) is 0 Å². The zero-order valence-corrected chi connectivity index (χ0v) is 21.0. The van der Waals surface area contributed by atoms with Crippen LogP contribution in [-0.4, -0.2) is 0 Å². The molecule has 0 aliphatic heterocycles. The molecule has 2 heteroatoms. The Morgan fingerprint density at radius 3 is 0.941 bits per heavy atom. The molecule has 0 fully saturated rings. The van der Waals surface area contributed by atoms with Crippen molar-refractivity contribution in [1.82, 2.24) is 4.59 Å². The summed E-state index contributed by atoms with van der Waals surface area (Å²) in [6.07, 6.45) is 4.13. The van der Waals surface area contributed by atoms with Crippen molar-refractivity contribution in [3.05, 3.63) is 119 Å². The zero-order valence-electron chi connectivity index (χ0n) is 21.0. The van der Waals surface area contributed by atoms with Crippen LogP contribution in [0.4, 0.5) is 22.7 Å². The van der Waals surface area contributed by atoms with Crippen molar-refractivity contribution in [2.45, 2.75) is 53.4 Å². The third-order valence-corrected chi connectivity index (χ3v) is 6.85. The van der Waals surface area contributed by atoms with Crippen molar-refractivity contribution in [1.29, 1.82) is 0 Å². The molecule has 0 amide bonds. The van der Waals surface area contributed by atoms with Gasteiger partial charge in [0.2, 0.25) is 0 Å². The van der Waals surface area contributed by atoms with Crippen molar-refractivity contribution < 1.29 is 0 Å². The Bertz CT molecular complexity index is 1060. The van der Waals surface area contributed by atoms with Crippen molar-refractivity contribution >= 4 is 22.7 Å². The number of nitrogens with zero attached hydrogens (tertiary/aromatic N) is 1. The van der Waals surface area contributed by atoms with Crippen LogP contribution in [0.2, 0.25) is 0 Å². The highest BCUT2D eigenvalue weighted by Gasteiger charge is 2.37. The van der Waals surface area contributed by atoms with E-state index in [1.165, 1.54) is 39.3 Å². The molecule has 0 heterocycles. The molecule has 0 aromatic heterocycles. The highest BCUT2D eigenvalue weighted by atomic mass is 15.7. The normalized spacial score (nSPS) is 11.4. The molecule has 0 radical (unpaired) electrons. The largest absolute Gasteiger partial charge is 0.221 e. The molecule has 0 aliphatic rings. The molecule has 0 spiro atoms. The van der Waals surface area contributed by atoms with E-state index >= 15 is 0 Å². The molecule has 174 valence electrons. The van der Waals surface area contributed by atoms with E-state index in [1.54, 1.807) is 0 Å². The zero-order chi connectivity index (χ0) is 24.0. The predicted molar refractivity (Wildman–Crippen MR) is 148 cm³/mol. The van der Waals surface area contributed by atoms with E-state index in [9.17, 15) is 0 Å². The summed E-state index contributed by atoms with van der Waals surface area (Å²) in [7, 11) is 0. The van der Waals surface area contributed by atoms with Crippen LogP contribution >= 0.6 is 0 Å². The van der Waals surface area contributed by atoms with E-state index in [-0.39, 0.29) is 0 Å². The summed E-state index contributed by atoms with van der Waals surface area (Å²) in [5.74, 6) is 0. The first-order valence-corrected chi connectivity index (χ1v) is 12.7. The highest BCUT2D eigenvalue weighted by molar-refractivity contribution is 5.75. The number of quaternary nitrogens is 1. The Hall–Kier alpha value is -3.36. The molecule has 2 nitrogen and oxygen atoms in total. The highest BCUT2D eigenvalue weighted by Crippen LogP contribution is 2.44.